The van der Waals surface area contributed by atoms with E-state index in [1.54, 1.807) is 6.07 Å². The Kier molecular flexibility index (Phi) is 5.92. The quantitative estimate of drug-likeness (QED) is 0.786. The average Bonchev–Trinajstić information content (AvgIpc) is 2.38. The molecule has 1 N–H and O–H groups in total. The van der Waals surface area contributed by atoms with Crippen molar-refractivity contribution in [2.45, 2.75) is 32.2 Å². The molecule has 0 fully saturated rings. The van der Waals surface area contributed by atoms with Crippen molar-refractivity contribution in [2.75, 3.05) is 20.1 Å². The Labute approximate surface area is 122 Å². The van der Waals surface area contributed by atoms with E-state index in [4.69, 9.17) is 0 Å². The van der Waals surface area contributed by atoms with E-state index in [-0.39, 0.29) is 0 Å². The van der Waals surface area contributed by atoms with Gasteiger partial charge in [-0.1, -0.05) is 31.2 Å². The second-order valence-corrected chi connectivity index (χ2v) is 6.92. The molecule has 5 heteroatoms. The zero-order chi connectivity index (χ0) is 15.3. The molecule has 0 spiro atoms. The maximum absolute atomic E-state index is 12.7. The van der Waals surface area contributed by atoms with Gasteiger partial charge in [0.05, 0.1) is 4.90 Å². The van der Waals surface area contributed by atoms with E-state index in [9.17, 15) is 8.42 Å². The van der Waals surface area contributed by atoms with Crippen molar-refractivity contribution in [3.63, 3.8) is 0 Å². The summed E-state index contributed by atoms with van der Waals surface area (Å²) >= 11 is 0. The van der Waals surface area contributed by atoms with Gasteiger partial charge in [-0.3, -0.25) is 0 Å². The van der Waals surface area contributed by atoms with Crippen LogP contribution in [0.5, 0.6) is 0 Å². The van der Waals surface area contributed by atoms with E-state index >= 15 is 0 Å². The van der Waals surface area contributed by atoms with Gasteiger partial charge in [0.1, 0.15) is 0 Å². The monoisotopic (exact) mass is 296 g/mol. The van der Waals surface area contributed by atoms with Crippen molar-refractivity contribution in [3.8, 4) is 0 Å². The number of benzene rings is 1. The van der Waals surface area contributed by atoms with Crippen molar-refractivity contribution in [3.05, 3.63) is 41.5 Å². The van der Waals surface area contributed by atoms with Gasteiger partial charge in [0.2, 0.25) is 10.0 Å². The highest BCUT2D eigenvalue weighted by Crippen LogP contribution is 2.22. The van der Waals surface area contributed by atoms with Gasteiger partial charge in [-0.05, 0) is 38.1 Å². The Balaban J connectivity index is 3.25. The van der Waals surface area contributed by atoms with Gasteiger partial charge < -0.3 is 5.32 Å². The van der Waals surface area contributed by atoms with Gasteiger partial charge in [0.25, 0.3) is 0 Å². The molecule has 0 atom stereocenters. The standard InChI is InChI=1S/C15H24N2O2S/c1-6-17(11-12(2)3)20(18,19)15-9-14(10-16-5)8-7-13(15)4/h7-9,16H,2,6,10-11H2,1,3-5H3. The summed E-state index contributed by atoms with van der Waals surface area (Å²) in [6.07, 6.45) is 0. The molecular weight excluding hydrogens is 272 g/mol. The number of nitrogens with zero attached hydrogens (tertiary/aromatic N) is 1. The highest BCUT2D eigenvalue weighted by atomic mass is 32.2. The van der Waals surface area contributed by atoms with E-state index in [0.717, 1.165) is 16.7 Å². The SMILES string of the molecule is C=C(C)CN(CC)S(=O)(=O)c1cc(CNC)ccc1C. The van der Waals surface area contributed by atoms with E-state index in [2.05, 4.69) is 11.9 Å². The third-order valence-corrected chi connectivity index (χ3v) is 5.11. The topological polar surface area (TPSA) is 49.4 Å². The zero-order valence-electron chi connectivity index (χ0n) is 12.7. The molecule has 1 aromatic carbocycles. The predicted octanol–water partition coefficient (Wildman–Crippen LogP) is 2.30. The Hall–Kier alpha value is -1.17. The van der Waals surface area contributed by atoms with Crippen LogP contribution >= 0.6 is 0 Å². The number of rotatable bonds is 7. The number of hydrogen-bond acceptors (Lipinski definition) is 3. The molecule has 0 saturated carbocycles. The van der Waals surface area contributed by atoms with Crippen molar-refractivity contribution in [1.29, 1.82) is 0 Å². The largest absolute Gasteiger partial charge is 0.316 e. The molecule has 0 amide bonds. The number of sulfonamides is 1. The molecule has 0 aliphatic rings. The van der Waals surface area contributed by atoms with Crippen LogP contribution in [0.15, 0.2) is 35.2 Å². The molecule has 0 heterocycles. The van der Waals surface area contributed by atoms with Gasteiger partial charge in [0.15, 0.2) is 0 Å². The highest BCUT2D eigenvalue weighted by molar-refractivity contribution is 7.89. The number of hydrogen-bond donors (Lipinski definition) is 1. The third-order valence-electron chi connectivity index (χ3n) is 3.05. The van der Waals surface area contributed by atoms with Crippen LogP contribution in [-0.4, -0.2) is 32.9 Å². The summed E-state index contributed by atoms with van der Waals surface area (Å²) in [5, 5.41) is 3.04. The van der Waals surface area contributed by atoms with Crippen molar-refractivity contribution < 1.29 is 8.42 Å². The minimum atomic E-state index is -3.47. The van der Waals surface area contributed by atoms with Crippen molar-refractivity contribution in [1.82, 2.24) is 9.62 Å². The summed E-state index contributed by atoms with van der Waals surface area (Å²) in [5.74, 6) is 0. The van der Waals surface area contributed by atoms with Crippen LogP contribution in [0.25, 0.3) is 0 Å². The number of nitrogens with one attached hydrogen (secondary N) is 1. The summed E-state index contributed by atoms with van der Waals surface area (Å²) in [7, 11) is -1.63. The van der Waals surface area contributed by atoms with E-state index in [1.165, 1.54) is 4.31 Å². The lowest BCUT2D eigenvalue weighted by molar-refractivity contribution is 0.452. The van der Waals surface area contributed by atoms with Crippen LogP contribution in [0.2, 0.25) is 0 Å². The molecule has 0 saturated heterocycles. The van der Waals surface area contributed by atoms with Crippen LogP contribution in [-0.2, 0) is 16.6 Å². The maximum atomic E-state index is 12.7. The number of aryl methyl sites for hydroxylation is 1. The first-order valence-corrected chi connectivity index (χ1v) is 8.15. The molecule has 4 nitrogen and oxygen atoms in total. The van der Waals surface area contributed by atoms with Crippen LogP contribution in [0, 0.1) is 6.92 Å². The van der Waals surface area contributed by atoms with E-state index < -0.39 is 10.0 Å². The molecule has 0 aliphatic carbocycles. The van der Waals surface area contributed by atoms with Gasteiger partial charge in [-0.15, -0.1) is 0 Å². The lowest BCUT2D eigenvalue weighted by Crippen LogP contribution is -2.32. The van der Waals surface area contributed by atoms with Gasteiger partial charge in [-0.2, -0.15) is 4.31 Å². The fourth-order valence-corrected chi connectivity index (χ4v) is 3.83. The first-order chi connectivity index (χ1) is 9.32. The molecule has 1 aromatic rings. The Bertz CT molecular complexity index is 580. The molecule has 112 valence electrons. The molecule has 0 radical (unpaired) electrons. The summed E-state index contributed by atoms with van der Waals surface area (Å²) in [6.45, 7) is 10.7. The smallest absolute Gasteiger partial charge is 0.243 e. The predicted molar refractivity (Wildman–Crippen MR) is 83.2 cm³/mol. The van der Waals surface area contributed by atoms with Crippen molar-refractivity contribution in [2.24, 2.45) is 0 Å². The molecule has 0 aliphatic heterocycles. The Morgan fingerprint density at radius 2 is 2.05 bits per heavy atom. The van der Waals surface area contributed by atoms with E-state index in [1.807, 2.05) is 40.0 Å². The van der Waals surface area contributed by atoms with Crippen molar-refractivity contribution >= 4 is 10.0 Å². The maximum Gasteiger partial charge on any atom is 0.243 e. The zero-order valence-corrected chi connectivity index (χ0v) is 13.5. The van der Waals surface area contributed by atoms with Gasteiger partial charge in [-0.25, -0.2) is 8.42 Å². The van der Waals surface area contributed by atoms with Crippen LogP contribution in [0.1, 0.15) is 25.0 Å². The van der Waals surface area contributed by atoms with Gasteiger partial charge >= 0.3 is 0 Å². The van der Waals surface area contributed by atoms with Crippen LogP contribution < -0.4 is 5.32 Å². The lowest BCUT2D eigenvalue weighted by atomic mass is 10.1. The first kappa shape index (κ1) is 16.9. The fourth-order valence-electron chi connectivity index (χ4n) is 2.04. The Morgan fingerprint density at radius 3 is 2.55 bits per heavy atom. The highest BCUT2D eigenvalue weighted by Gasteiger charge is 2.24. The van der Waals surface area contributed by atoms with Crippen LogP contribution in [0.4, 0.5) is 0 Å². The first-order valence-electron chi connectivity index (χ1n) is 6.71. The summed E-state index contributed by atoms with van der Waals surface area (Å²) < 4.78 is 26.9. The summed E-state index contributed by atoms with van der Waals surface area (Å²) in [4.78, 5) is 0.383. The summed E-state index contributed by atoms with van der Waals surface area (Å²) in [6, 6.07) is 5.55. The third kappa shape index (κ3) is 3.91. The average molecular weight is 296 g/mol. The molecule has 0 bridgehead atoms. The molecular formula is C15H24N2O2S. The van der Waals surface area contributed by atoms with Gasteiger partial charge in [0, 0.05) is 19.6 Å². The number of likely N-dealkylation sites (N-methyl/N-ethyl adjacent to an activating group) is 1. The lowest BCUT2D eigenvalue weighted by Gasteiger charge is -2.22. The second-order valence-electron chi connectivity index (χ2n) is 5.02. The molecule has 20 heavy (non-hydrogen) atoms. The minimum Gasteiger partial charge on any atom is -0.316 e. The summed E-state index contributed by atoms with van der Waals surface area (Å²) in [5.41, 5.74) is 2.56. The van der Waals surface area contributed by atoms with Crippen LogP contribution in [0.3, 0.4) is 0 Å². The normalized spacial score (nSPS) is 11.8. The Morgan fingerprint density at radius 1 is 1.40 bits per heavy atom. The molecule has 0 aromatic heterocycles. The minimum absolute atomic E-state index is 0.356. The fraction of sp³-hybridized carbons (Fsp3) is 0.467. The second kappa shape index (κ2) is 7.02. The van der Waals surface area contributed by atoms with E-state index in [0.29, 0.717) is 24.5 Å². The molecule has 0 unspecified atom stereocenters. The molecule has 1 rings (SSSR count).